The summed E-state index contributed by atoms with van der Waals surface area (Å²) >= 11 is 0. The summed E-state index contributed by atoms with van der Waals surface area (Å²) in [7, 11) is -3.09. The van der Waals surface area contributed by atoms with Gasteiger partial charge in [0.1, 0.15) is 11.6 Å². The number of aromatic nitrogens is 1. The van der Waals surface area contributed by atoms with Crippen molar-refractivity contribution in [1.29, 1.82) is 0 Å². The fraction of sp³-hybridized carbons (Fsp3) is 0.583. The molecule has 0 radical (unpaired) electrons. The monoisotopic (exact) mass is 321 g/mol. The van der Waals surface area contributed by atoms with Crippen LogP contribution >= 0.6 is 0 Å². The molecule has 118 valence electrons. The van der Waals surface area contributed by atoms with Gasteiger partial charge in [-0.2, -0.15) is 8.78 Å². The number of hydrogen-bond acceptors (Lipinski definition) is 5. The van der Waals surface area contributed by atoms with E-state index >= 15 is 0 Å². The maximum atomic E-state index is 12.0. The van der Waals surface area contributed by atoms with E-state index in [1.807, 2.05) is 0 Å². The first-order chi connectivity index (χ1) is 9.90. The number of sulfonamides is 1. The molecule has 1 saturated heterocycles. The van der Waals surface area contributed by atoms with Gasteiger partial charge in [-0.3, -0.25) is 0 Å². The van der Waals surface area contributed by atoms with Crippen molar-refractivity contribution >= 4 is 15.8 Å². The van der Waals surface area contributed by atoms with Crippen molar-refractivity contribution in [2.24, 2.45) is 5.92 Å². The molecule has 0 amide bonds. The molecule has 1 aromatic rings. The van der Waals surface area contributed by atoms with Crippen LogP contribution in [-0.4, -0.2) is 49.7 Å². The Kier molecular flexibility index (Phi) is 4.94. The minimum atomic E-state index is -3.09. The minimum Gasteiger partial charge on any atom is -0.433 e. The Labute approximate surface area is 122 Å². The molecule has 1 aromatic heterocycles. The summed E-state index contributed by atoms with van der Waals surface area (Å²) in [6.07, 6.45) is 1.21. The molecule has 6 nitrogen and oxygen atoms in total. The zero-order valence-electron chi connectivity index (χ0n) is 11.5. The number of halogens is 2. The summed E-state index contributed by atoms with van der Waals surface area (Å²) in [5.41, 5.74) is 0. The second-order valence-corrected chi connectivity index (χ2v) is 6.98. The Bertz CT molecular complexity index is 560. The molecule has 2 heterocycles. The van der Waals surface area contributed by atoms with Gasteiger partial charge in [-0.1, -0.05) is 0 Å². The SMILES string of the molecule is CCS(=O)(=O)N1CC(CNc2ccc(OC(F)F)cn2)C1. The van der Waals surface area contributed by atoms with Crippen LogP contribution in [0.2, 0.25) is 0 Å². The molecule has 0 unspecified atom stereocenters. The number of nitrogens with one attached hydrogen (secondary N) is 1. The van der Waals surface area contributed by atoms with E-state index in [0.717, 1.165) is 0 Å². The average molecular weight is 321 g/mol. The summed E-state index contributed by atoms with van der Waals surface area (Å²) in [5, 5.41) is 3.04. The highest BCUT2D eigenvalue weighted by molar-refractivity contribution is 7.89. The average Bonchev–Trinajstić information content (AvgIpc) is 2.38. The lowest BCUT2D eigenvalue weighted by Crippen LogP contribution is -2.52. The van der Waals surface area contributed by atoms with Crippen LogP contribution in [0.1, 0.15) is 6.92 Å². The summed E-state index contributed by atoms with van der Waals surface area (Å²) in [4.78, 5) is 3.94. The lowest BCUT2D eigenvalue weighted by molar-refractivity contribution is -0.0500. The Morgan fingerprint density at radius 3 is 2.71 bits per heavy atom. The summed E-state index contributed by atoms with van der Waals surface area (Å²) < 4.78 is 52.7. The number of rotatable bonds is 7. The van der Waals surface area contributed by atoms with Gasteiger partial charge in [-0.15, -0.1) is 0 Å². The van der Waals surface area contributed by atoms with Crippen LogP contribution in [0.5, 0.6) is 5.75 Å². The summed E-state index contributed by atoms with van der Waals surface area (Å²) in [6, 6.07) is 2.94. The maximum Gasteiger partial charge on any atom is 0.387 e. The zero-order valence-corrected chi connectivity index (χ0v) is 12.3. The van der Waals surface area contributed by atoms with Crippen LogP contribution in [0.3, 0.4) is 0 Å². The van der Waals surface area contributed by atoms with Crippen molar-refractivity contribution in [2.45, 2.75) is 13.5 Å². The highest BCUT2D eigenvalue weighted by Gasteiger charge is 2.34. The molecule has 21 heavy (non-hydrogen) atoms. The van der Waals surface area contributed by atoms with Gasteiger partial charge in [0.2, 0.25) is 10.0 Å². The molecular formula is C12H17F2N3O3S. The second kappa shape index (κ2) is 6.52. The smallest absolute Gasteiger partial charge is 0.387 e. The van der Waals surface area contributed by atoms with Crippen LogP contribution in [0.25, 0.3) is 0 Å². The van der Waals surface area contributed by atoms with Gasteiger partial charge in [0, 0.05) is 25.6 Å². The van der Waals surface area contributed by atoms with Crippen LogP contribution < -0.4 is 10.1 Å². The summed E-state index contributed by atoms with van der Waals surface area (Å²) in [6.45, 7) is 0.323. The van der Waals surface area contributed by atoms with Crippen molar-refractivity contribution in [1.82, 2.24) is 9.29 Å². The number of ether oxygens (including phenoxy) is 1. The van der Waals surface area contributed by atoms with E-state index in [9.17, 15) is 17.2 Å². The Morgan fingerprint density at radius 2 is 2.19 bits per heavy atom. The van der Waals surface area contributed by atoms with Crippen molar-refractivity contribution in [3.8, 4) is 5.75 Å². The minimum absolute atomic E-state index is 0.000548. The first kappa shape index (κ1) is 15.9. The molecule has 0 saturated carbocycles. The largest absolute Gasteiger partial charge is 0.433 e. The fourth-order valence-corrected chi connectivity index (χ4v) is 3.21. The van der Waals surface area contributed by atoms with E-state index in [0.29, 0.717) is 25.5 Å². The van der Waals surface area contributed by atoms with Gasteiger partial charge in [-0.05, 0) is 19.1 Å². The van der Waals surface area contributed by atoms with Crippen LogP contribution in [0.15, 0.2) is 18.3 Å². The molecule has 0 bridgehead atoms. The maximum absolute atomic E-state index is 12.0. The Morgan fingerprint density at radius 1 is 1.48 bits per heavy atom. The van der Waals surface area contributed by atoms with Crippen molar-refractivity contribution in [3.05, 3.63) is 18.3 Å². The molecule has 9 heteroatoms. The predicted octanol–water partition coefficient (Wildman–Crippen LogP) is 1.38. The van der Waals surface area contributed by atoms with Gasteiger partial charge in [0.15, 0.2) is 0 Å². The number of alkyl halides is 2. The third kappa shape index (κ3) is 4.24. The quantitative estimate of drug-likeness (QED) is 0.821. The van der Waals surface area contributed by atoms with Gasteiger partial charge in [-0.25, -0.2) is 17.7 Å². The van der Waals surface area contributed by atoms with Crippen molar-refractivity contribution in [3.63, 3.8) is 0 Å². The number of pyridine rings is 1. The third-order valence-corrected chi connectivity index (χ3v) is 5.03. The summed E-state index contributed by atoms with van der Waals surface area (Å²) in [5.74, 6) is 0.873. The molecule has 1 N–H and O–H groups in total. The first-order valence-electron chi connectivity index (χ1n) is 6.53. The number of anilines is 1. The van der Waals surface area contributed by atoms with E-state index in [-0.39, 0.29) is 17.4 Å². The highest BCUT2D eigenvalue weighted by atomic mass is 32.2. The highest BCUT2D eigenvalue weighted by Crippen LogP contribution is 2.21. The molecule has 0 atom stereocenters. The van der Waals surface area contributed by atoms with Crippen molar-refractivity contribution in [2.75, 3.05) is 30.7 Å². The molecule has 1 fully saturated rings. The Hall–Kier alpha value is -1.48. The molecule has 0 aliphatic carbocycles. The lowest BCUT2D eigenvalue weighted by Gasteiger charge is -2.37. The zero-order chi connectivity index (χ0) is 15.5. The van der Waals surface area contributed by atoms with Gasteiger partial charge >= 0.3 is 6.61 Å². The Balaban J connectivity index is 1.75. The molecule has 2 rings (SSSR count). The molecule has 0 spiro atoms. The third-order valence-electron chi connectivity index (χ3n) is 3.22. The van der Waals surface area contributed by atoms with E-state index in [1.165, 1.54) is 22.6 Å². The standard InChI is InChI=1S/C12H17F2N3O3S/c1-2-21(18,19)17-7-9(8-17)5-15-11-4-3-10(6-16-11)20-12(13)14/h3-4,6,9,12H,2,5,7-8H2,1H3,(H,15,16). The van der Waals surface area contributed by atoms with E-state index in [1.54, 1.807) is 6.92 Å². The van der Waals surface area contributed by atoms with E-state index in [2.05, 4.69) is 15.0 Å². The second-order valence-electron chi connectivity index (χ2n) is 4.72. The molecular weight excluding hydrogens is 304 g/mol. The van der Waals surface area contributed by atoms with E-state index < -0.39 is 16.6 Å². The lowest BCUT2D eigenvalue weighted by atomic mass is 10.0. The first-order valence-corrected chi connectivity index (χ1v) is 8.14. The van der Waals surface area contributed by atoms with Gasteiger partial charge < -0.3 is 10.1 Å². The van der Waals surface area contributed by atoms with Crippen LogP contribution in [0.4, 0.5) is 14.6 Å². The van der Waals surface area contributed by atoms with Gasteiger partial charge in [0.25, 0.3) is 0 Å². The fourth-order valence-electron chi connectivity index (χ4n) is 1.97. The number of hydrogen-bond donors (Lipinski definition) is 1. The van der Waals surface area contributed by atoms with Gasteiger partial charge in [0.05, 0.1) is 11.9 Å². The number of nitrogens with zero attached hydrogens (tertiary/aromatic N) is 2. The van der Waals surface area contributed by atoms with Crippen molar-refractivity contribution < 1.29 is 21.9 Å². The molecule has 1 aliphatic heterocycles. The predicted molar refractivity (Wildman–Crippen MR) is 73.9 cm³/mol. The topological polar surface area (TPSA) is 71.5 Å². The molecule has 0 aromatic carbocycles. The van der Waals surface area contributed by atoms with Crippen LogP contribution in [-0.2, 0) is 10.0 Å². The van der Waals surface area contributed by atoms with E-state index in [4.69, 9.17) is 0 Å². The molecule has 1 aliphatic rings. The van der Waals surface area contributed by atoms with Crippen LogP contribution in [0, 0.1) is 5.92 Å². The normalized spacial score (nSPS) is 16.8.